The van der Waals surface area contributed by atoms with E-state index in [1.165, 1.54) is 0 Å². The van der Waals surface area contributed by atoms with Gasteiger partial charge in [-0.2, -0.15) is 0 Å². The van der Waals surface area contributed by atoms with E-state index in [4.69, 9.17) is 0 Å². The first-order valence-corrected chi connectivity index (χ1v) is 8.32. The third kappa shape index (κ3) is 3.84. The topological polar surface area (TPSA) is 48.5 Å². The third-order valence-electron chi connectivity index (χ3n) is 3.73. The van der Waals surface area contributed by atoms with Crippen LogP contribution in [0.2, 0.25) is 0 Å². The van der Waals surface area contributed by atoms with Gasteiger partial charge in [-0.15, -0.1) is 11.3 Å². The molecule has 0 bridgehead atoms. The van der Waals surface area contributed by atoms with Crippen LogP contribution in [0.4, 0.5) is 10.8 Å². The van der Waals surface area contributed by atoms with E-state index in [1.54, 1.807) is 11.3 Å². The summed E-state index contributed by atoms with van der Waals surface area (Å²) in [4.78, 5) is 20.9. The lowest BCUT2D eigenvalue weighted by atomic mass is 10.2. The SMILES string of the molecule is Cc1cccc(NC(=O)CN2CCN(c3nccs3)CC2)c1. The highest BCUT2D eigenvalue weighted by Crippen LogP contribution is 2.18. The molecule has 2 heterocycles. The van der Waals surface area contributed by atoms with Crippen molar-refractivity contribution in [3.8, 4) is 0 Å². The van der Waals surface area contributed by atoms with Crippen molar-refractivity contribution in [3.63, 3.8) is 0 Å². The predicted molar refractivity (Wildman–Crippen MR) is 90.6 cm³/mol. The molecule has 2 aromatic rings. The van der Waals surface area contributed by atoms with E-state index >= 15 is 0 Å². The summed E-state index contributed by atoms with van der Waals surface area (Å²) >= 11 is 1.66. The molecule has 0 saturated carbocycles. The van der Waals surface area contributed by atoms with Crippen molar-refractivity contribution in [2.75, 3.05) is 42.9 Å². The van der Waals surface area contributed by atoms with Crippen LogP contribution in [0, 0.1) is 6.92 Å². The number of thiazole rings is 1. The van der Waals surface area contributed by atoms with Crippen molar-refractivity contribution in [1.82, 2.24) is 9.88 Å². The Balaban J connectivity index is 1.47. The second-order valence-corrected chi connectivity index (χ2v) is 6.37. The quantitative estimate of drug-likeness (QED) is 0.939. The van der Waals surface area contributed by atoms with Gasteiger partial charge < -0.3 is 10.2 Å². The summed E-state index contributed by atoms with van der Waals surface area (Å²) in [5, 5.41) is 6.03. The number of hydrogen-bond acceptors (Lipinski definition) is 5. The van der Waals surface area contributed by atoms with Gasteiger partial charge in [-0.3, -0.25) is 9.69 Å². The maximum atomic E-state index is 12.1. The molecule has 1 N–H and O–H groups in total. The summed E-state index contributed by atoms with van der Waals surface area (Å²) < 4.78 is 0. The number of anilines is 2. The van der Waals surface area contributed by atoms with Crippen molar-refractivity contribution in [3.05, 3.63) is 41.4 Å². The Bertz CT molecular complexity index is 621. The van der Waals surface area contributed by atoms with Gasteiger partial charge >= 0.3 is 0 Å². The molecule has 1 amide bonds. The summed E-state index contributed by atoms with van der Waals surface area (Å²) in [5.41, 5.74) is 2.02. The molecule has 22 heavy (non-hydrogen) atoms. The lowest BCUT2D eigenvalue weighted by Crippen LogP contribution is -2.48. The number of amides is 1. The van der Waals surface area contributed by atoms with Crippen molar-refractivity contribution in [2.24, 2.45) is 0 Å². The largest absolute Gasteiger partial charge is 0.346 e. The van der Waals surface area contributed by atoms with Crippen molar-refractivity contribution >= 4 is 28.1 Å². The summed E-state index contributed by atoms with van der Waals surface area (Å²) in [6.07, 6.45) is 1.83. The van der Waals surface area contributed by atoms with Gasteiger partial charge in [-0.05, 0) is 24.6 Å². The molecule has 1 aliphatic rings. The van der Waals surface area contributed by atoms with Gasteiger partial charge in [0.05, 0.1) is 6.54 Å². The zero-order valence-electron chi connectivity index (χ0n) is 12.7. The molecule has 1 aromatic heterocycles. The minimum absolute atomic E-state index is 0.0494. The van der Waals surface area contributed by atoms with E-state index in [1.807, 2.05) is 42.8 Å². The zero-order valence-corrected chi connectivity index (χ0v) is 13.5. The number of aryl methyl sites for hydroxylation is 1. The Labute approximate surface area is 134 Å². The monoisotopic (exact) mass is 316 g/mol. The number of nitrogens with one attached hydrogen (secondary N) is 1. The van der Waals surface area contributed by atoms with Crippen molar-refractivity contribution in [2.45, 2.75) is 6.92 Å². The number of rotatable bonds is 4. The van der Waals surface area contributed by atoms with Gasteiger partial charge in [0.15, 0.2) is 5.13 Å². The van der Waals surface area contributed by atoms with Crippen LogP contribution in [0.5, 0.6) is 0 Å². The van der Waals surface area contributed by atoms with Gasteiger partial charge in [0, 0.05) is 43.4 Å². The molecule has 0 radical (unpaired) electrons. The van der Waals surface area contributed by atoms with Gasteiger partial charge in [-0.25, -0.2) is 4.98 Å². The maximum absolute atomic E-state index is 12.1. The predicted octanol–water partition coefficient (Wildman–Crippen LogP) is 2.21. The van der Waals surface area contributed by atoms with Crippen LogP contribution >= 0.6 is 11.3 Å². The first-order chi connectivity index (χ1) is 10.7. The normalized spacial score (nSPS) is 15.8. The molecule has 3 rings (SSSR count). The standard InChI is InChI=1S/C16H20N4OS/c1-13-3-2-4-14(11-13)18-15(21)12-19-6-8-20(9-7-19)16-17-5-10-22-16/h2-5,10-11H,6-9,12H2,1H3,(H,18,21). The molecule has 1 aliphatic heterocycles. The number of carbonyl (C=O) groups is 1. The average molecular weight is 316 g/mol. The van der Waals surface area contributed by atoms with Crippen molar-refractivity contribution < 1.29 is 4.79 Å². The average Bonchev–Trinajstić information content (AvgIpc) is 3.02. The van der Waals surface area contributed by atoms with Crippen LogP contribution < -0.4 is 10.2 Å². The third-order valence-corrected chi connectivity index (χ3v) is 4.56. The van der Waals surface area contributed by atoms with Crippen molar-refractivity contribution in [1.29, 1.82) is 0 Å². The summed E-state index contributed by atoms with van der Waals surface area (Å²) in [6, 6.07) is 7.88. The zero-order chi connectivity index (χ0) is 15.4. The van der Waals surface area contributed by atoms with E-state index < -0.39 is 0 Å². The highest BCUT2D eigenvalue weighted by Gasteiger charge is 2.20. The van der Waals surface area contributed by atoms with E-state index in [0.717, 1.165) is 42.6 Å². The minimum atomic E-state index is 0.0494. The highest BCUT2D eigenvalue weighted by molar-refractivity contribution is 7.13. The van der Waals surface area contributed by atoms with Crippen LogP contribution in [0.3, 0.4) is 0 Å². The summed E-state index contributed by atoms with van der Waals surface area (Å²) in [6.45, 7) is 6.09. The Morgan fingerprint density at radius 3 is 2.82 bits per heavy atom. The lowest BCUT2D eigenvalue weighted by Gasteiger charge is -2.34. The first kappa shape index (κ1) is 15.0. The van der Waals surface area contributed by atoms with Crippen LogP contribution in [0.15, 0.2) is 35.8 Å². The smallest absolute Gasteiger partial charge is 0.238 e. The lowest BCUT2D eigenvalue weighted by molar-refractivity contribution is -0.117. The Hall–Kier alpha value is -1.92. The fraction of sp³-hybridized carbons (Fsp3) is 0.375. The molecule has 5 nitrogen and oxygen atoms in total. The molecule has 0 unspecified atom stereocenters. The van der Waals surface area contributed by atoms with Gasteiger partial charge in [0.25, 0.3) is 0 Å². The molecule has 0 atom stereocenters. The first-order valence-electron chi connectivity index (χ1n) is 7.44. The van der Waals surface area contributed by atoms with Crippen LogP contribution in [-0.4, -0.2) is 48.5 Å². The molecular weight excluding hydrogens is 296 g/mol. The van der Waals surface area contributed by atoms with Gasteiger partial charge in [0.1, 0.15) is 0 Å². The summed E-state index contributed by atoms with van der Waals surface area (Å²) in [5.74, 6) is 0.0494. The number of piperazine rings is 1. The van der Waals surface area contributed by atoms with Crippen LogP contribution in [-0.2, 0) is 4.79 Å². The van der Waals surface area contributed by atoms with E-state index in [-0.39, 0.29) is 5.91 Å². The van der Waals surface area contributed by atoms with Crippen LogP contribution in [0.25, 0.3) is 0 Å². The van der Waals surface area contributed by atoms with Crippen LogP contribution in [0.1, 0.15) is 5.56 Å². The Kier molecular flexibility index (Phi) is 4.70. The molecule has 1 saturated heterocycles. The number of nitrogens with zero attached hydrogens (tertiary/aromatic N) is 3. The number of carbonyl (C=O) groups excluding carboxylic acids is 1. The fourth-order valence-corrected chi connectivity index (χ4v) is 3.29. The highest BCUT2D eigenvalue weighted by atomic mass is 32.1. The minimum Gasteiger partial charge on any atom is -0.346 e. The fourth-order valence-electron chi connectivity index (χ4n) is 2.60. The summed E-state index contributed by atoms with van der Waals surface area (Å²) in [7, 11) is 0. The molecule has 0 spiro atoms. The number of benzene rings is 1. The van der Waals surface area contributed by atoms with E-state index in [9.17, 15) is 4.79 Å². The molecule has 1 aromatic carbocycles. The molecule has 116 valence electrons. The molecule has 0 aliphatic carbocycles. The van der Waals surface area contributed by atoms with Gasteiger partial charge in [-0.1, -0.05) is 12.1 Å². The molecule has 1 fully saturated rings. The molecular formula is C16H20N4OS. The second-order valence-electron chi connectivity index (χ2n) is 5.50. The Morgan fingerprint density at radius 1 is 1.32 bits per heavy atom. The van der Waals surface area contributed by atoms with E-state index in [0.29, 0.717) is 6.54 Å². The number of aromatic nitrogens is 1. The maximum Gasteiger partial charge on any atom is 0.238 e. The van der Waals surface area contributed by atoms with Gasteiger partial charge in [0.2, 0.25) is 5.91 Å². The second kappa shape index (κ2) is 6.89. The van der Waals surface area contributed by atoms with E-state index in [2.05, 4.69) is 20.1 Å². The Morgan fingerprint density at radius 2 is 2.14 bits per heavy atom. The number of hydrogen-bond donors (Lipinski definition) is 1. The molecule has 6 heteroatoms.